The van der Waals surface area contributed by atoms with Crippen LogP contribution in [0.25, 0.3) is 0 Å². The van der Waals surface area contributed by atoms with E-state index in [1.165, 1.54) is 0 Å². The second kappa shape index (κ2) is 7.29. The molecular weight excluding hydrogens is 227 g/mol. The van der Waals surface area contributed by atoms with Crippen molar-refractivity contribution in [3.63, 3.8) is 0 Å². The summed E-state index contributed by atoms with van der Waals surface area (Å²) in [7, 11) is 0. The largest absolute Gasteiger partial charge is 0.329 e. The molecular formula is C6H9N2O2PS2. The third-order valence-electron chi connectivity index (χ3n) is 0.937. The van der Waals surface area contributed by atoms with Crippen LogP contribution in [0.3, 0.4) is 0 Å². The maximum absolute atomic E-state index is 11.2. The zero-order valence-corrected chi connectivity index (χ0v) is 9.37. The fraction of sp³-hybridized carbons (Fsp3) is 0.667. The molecule has 13 heavy (non-hydrogen) atoms. The minimum absolute atomic E-state index is 0.272. The molecule has 1 N–H and O–H groups in total. The predicted molar refractivity (Wildman–Crippen MR) is 55.2 cm³/mol. The van der Waals surface area contributed by atoms with Crippen molar-refractivity contribution in [2.45, 2.75) is 12.8 Å². The first kappa shape index (κ1) is 12.9. The Kier molecular flexibility index (Phi) is 7.22. The summed E-state index contributed by atoms with van der Waals surface area (Å²) in [4.78, 5) is 9.23. The number of nitrogens with zero attached hydrogens (tertiary/aromatic N) is 2. The smallest absolute Gasteiger partial charge is 0.310 e. The molecule has 0 aliphatic rings. The first-order valence-electron chi connectivity index (χ1n) is 3.48. The topological polar surface area (TPSA) is 84.9 Å². The SMILES string of the molecule is N#CCCSP(=O)(O)SCCC#N. The molecule has 0 aromatic heterocycles. The lowest BCUT2D eigenvalue weighted by Crippen LogP contribution is -1.78. The molecule has 0 saturated carbocycles. The Labute approximate surface area is 85.3 Å². The maximum Gasteiger partial charge on any atom is 0.310 e. The van der Waals surface area contributed by atoms with Crippen molar-refractivity contribution in [3.8, 4) is 12.1 Å². The molecule has 0 spiro atoms. The van der Waals surface area contributed by atoms with Gasteiger partial charge < -0.3 is 4.89 Å². The van der Waals surface area contributed by atoms with Crippen LogP contribution in [0.1, 0.15) is 12.8 Å². The van der Waals surface area contributed by atoms with Gasteiger partial charge in [0.25, 0.3) is 0 Å². The van der Waals surface area contributed by atoms with Crippen molar-refractivity contribution >= 4 is 28.5 Å². The molecule has 0 unspecified atom stereocenters. The Hall–Kier alpha value is -0.130. The Morgan fingerprint density at radius 2 is 1.54 bits per heavy atom. The average Bonchev–Trinajstić information content (AvgIpc) is 2.05. The van der Waals surface area contributed by atoms with Crippen LogP contribution in [-0.2, 0) is 4.57 Å². The standard InChI is InChI=1S/C6H9N2O2PS2/c7-3-1-5-12-11(9,10)13-6-2-4-8/h1-2,5-6H2,(H,9,10). The number of hydrogen-bond acceptors (Lipinski definition) is 5. The minimum Gasteiger partial charge on any atom is -0.329 e. The Balaban J connectivity index is 3.63. The highest BCUT2D eigenvalue weighted by molar-refractivity contribution is 8.88. The first-order valence-corrected chi connectivity index (χ1v) is 8.32. The van der Waals surface area contributed by atoms with Crippen LogP contribution in [0.2, 0.25) is 0 Å². The molecule has 0 heterocycles. The molecule has 0 aliphatic carbocycles. The van der Waals surface area contributed by atoms with E-state index in [2.05, 4.69) is 0 Å². The molecule has 0 aromatic carbocycles. The van der Waals surface area contributed by atoms with Gasteiger partial charge >= 0.3 is 5.77 Å². The van der Waals surface area contributed by atoms with Gasteiger partial charge in [0.15, 0.2) is 0 Å². The van der Waals surface area contributed by atoms with Crippen LogP contribution in [0, 0.1) is 22.7 Å². The van der Waals surface area contributed by atoms with Gasteiger partial charge in [-0.1, -0.05) is 22.8 Å². The van der Waals surface area contributed by atoms with Crippen LogP contribution < -0.4 is 0 Å². The lowest BCUT2D eigenvalue weighted by molar-refractivity contribution is 0.514. The summed E-state index contributed by atoms with van der Waals surface area (Å²) in [6.07, 6.45) is 0.544. The summed E-state index contributed by atoms with van der Waals surface area (Å²) < 4.78 is 11.2. The lowest BCUT2D eigenvalue weighted by Gasteiger charge is -2.06. The number of rotatable bonds is 6. The van der Waals surface area contributed by atoms with E-state index in [0.29, 0.717) is 11.5 Å². The van der Waals surface area contributed by atoms with Crippen LogP contribution in [0.5, 0.6) is 0 Å². The van der Waals surface area contributed by atoms with E-state index in [1.807, 2.05) is 12.1 Å². The molecule has 0 fully saturated rings. The van der Waals surface area contributed by atoms with Crippen molar-refractivity contribution in [3.05, 3.63) is 0 Å². The summed E-state index contributed by atoms with van der Waals surface area (Å²) in [5.74, 6) is -2.49. The van der Waals surface area contributed by atoms with Crippen LogP contribution in [-0.4, -0.2) is 16.4 Å². The monoisotopic (exact) mass is 236 g/mol. The first-order chi connectivity index (χ1) is 6.12. The summed E-state index contributed by atoms with van der Waals surface area (Å²) in [5.41, 5.74) is 0. The molecule has 0 amide bonds. The van der Waals surface area contributed by atoms with E-state index in [-0.39, 0.29) is 12.8 Å². The van der Waals surface area contributed by atoms with Gasteiger partial charge in [0.1, 0.15) is 0 Å². The molecule has 0 atom stereocenters. The van der Waals surface area contributed by atoms with Gasteiger partial charge in [-0.2, -0.15) is 10.5 Å². The van der Waals surface area contributed by atoms with Crippen LogP contribution in [0.15, 0.2) is 0 Å². The molecule has 0 aromatic rings. The lowest BCUT2D eigenvalue weighted by atomic mass is 10.6. The van der Waals surface area contributed by atoms with Crippen molar-refractivity contribution in [2.75, 3.05) is 11.5 Å². The van der Waals surface area contributed by atoms with Gasteiger partial charge in [0, 0.05) is 24.3 Å². The zero-order valence-electron chi connectivity index (χ0n) is 6.84. The highest BCUT2D eigenvalue weighted by atomic mass is 33.1. The van der Waals surface area contributed by atoms with E-state index in [0.717, 1.165) is 22.8 Å². The molecule has 0 rings (SSSR count). The summed E-state index contributed by atoms with van der Waals surface area (Å²) in [6, 6.07) is 3.79. The van der Waals surface area contributed by atoms with Crippen molar-refractivity contribution in [2.24, 2.45) is 0 Å². The van der Waals surface area contributed by atoms with Crippen LogP contribution >= 0.6 is 28.5 Å². The minimum atomic E-state index is -3.22. The number of hydrogen-bond donors (Lipinski definition) is 1. The Bertz CT molecular complexity index is 247. The fourth-order valence-electron chi connectivity index (χ4n) is 0.451. The van der Waals surface area contributed by atoms with Gasteiger partial charge in [0.05, 0.1) is 12.1 Å². The highest BCUT2D eigenvalue weighted by Gasteiger charge is 2.18. The molecule has 0 saturated heterocycles. The van der Waals surface area contributed by atoms with E-state index in [1.54, 1.807) is 0 Å². The van der Waals surface area contributed by atoms with Gasteiger partial charge in [-0.05, 0) is 0 Å². The number of nitriles is 2. The molecule has 72 valence electrons. The summed E-state index contributed by atoms with van der Waals surface area (Å²) >= 11 is 1.79. The fourth-order valence-corrected chi connectivity index (χ4v) is 5.52. The Morgan fingerprint density at radius 1 is 1.15 bits per heavy atom. The molecule has 0 bridgehead atoms. The van der Waals surface area contributed by atoms with Crippen LogP contribution in [0.4, 0.5) is 0 Å². The third kappa shape index (κ3) is 8.21. The van der Waals surface area contributed by atoms with Gasteiger partial charge in [-0.3, -0.25) is 4.57 Å². The molecule has 4 nitrogen and oxygen atoms in total. The second-order valence-electron chi connectivity index (χ2n) is 1.95. The zero-order chi connectivity index (χ0) is 10.2. The maximum atomic E-state index is 11.2. The highest BCUT2D eigenvalue weighted by Crippen LogP contribution is 2.65. The van der Waals surface area contributed by atoms with Crippen molar-refractivity contribution in [1.29, 1.82) is 10.5 Å². The van der Waals surface area contributed by atoms with E-state index in [4.69, 9.17) is 10.5 Å². The van der Waals surface area contributed by atoms with E-state index in [9.17, 15) is 9.46 Å². The third-order valence-corrected chi connectivity index (χ3v) is 7.31. The quantitative estimate of drug-likeness (QED) is 0.563. The normalized spacial score (nSPS) is 10.4. The van der Waals surface area contributed by atoms with Crippen molar-refractivity contribution in [1.82, 2.24) is 0 Å². The van der Waals surface area contributed by atoms with Crippen molar-refractivity contribution < 1.29 is 9.46 Å². The average molecular weight is 236 g/mol. The van der Waals surface area contributed by atoms with Gasteiger partial charge in [-0.15, -0.1) is 0 Å². The van der Waals surface area contributed by atoms with Gasteiger partial charge in [0.2, 0.25) is 0 Å². The second-order valence-corrected chi connectivity index (χ2v) is 9.43. The van der Waals surface area contributed by atoms with E-state index >= 15 is 0 Å². The predicted octanol–water partition coefficient (Wildman–Crippen LogP) is 2.38. The Morgan fingerprint density at radius 3 is 1.85 bits per heavy atom. The molecule has 7 heteroatoms. The summed E-state index contributed by atoms with van der Waals surface area (Å²) in [6.45, 7) is 0. The summed E-state index contributed by atoms with van der Waals surface area (Å²) in [5, 5.41) is 16.4. The molecule has 0 radical (unpaired) electrons. The van der Waals surface area contributed by atoms with Gasteiger partial charge in [-0.25, -0.2) is 0 Å². The molecule has 0 aliphatic heterocycles. The van der Waals surface area contributed by atoms with E-state index < -0.39 is 5.77 Å².